The van der Waals surface area contributed by atoms with Crippen LogP contribution in [-0.4, -0.2) is 38.8 Å². The van der Waals surface area contributed by atoms with Gasteiger partial charge in [0.1, 0.15) is 0 Å². The molecule has 0 spiro atoms. The highest BCUT2D eigenvalue weighted by Gasteiger charge is 2.42. The molecule has 0 radical (unpaired) electrons. The van der Waals surface area contributed by atoms with Gasteiger partial charge in [-0.25, -0.2) is 0 Å². The lowest BCUT2D eigenvalue weighted by molar-refractivity contribution is 0.0831. The molecule has 2 aromatic heterocycles. The second-order valence-corrected chi connectivity index (χ2v) is 8.93. The number of hydrogen-bond acceptors (Lipinski definition) is 3. The molecule has 6 heteroatoms. The summed E-state index contributed by atoms with van der Waals surface area (Å²) in [6.07, 6.45) is 13.2. The summed E-state index contributed by atoms with van der Waals surface area (Å²) >= 11 is 5.83. The van der Waals surface area contributed by atoms with Gasteiger partial charge < -0.3 is 19.5 Å². The summed E-state index contributed by atoms with van der Waals surface area (Å²) in [5.41, 5.74) is 2.39. The first-order valence-electron chi connectivity index (χ1n) is 11.1. The summed E-state index contributed by atoms with van der Waals surface area (Å²) in [5, 5.41) is 4.41. The second kappa shape index (κ2) is 8.44. The zero-order valence-electron chi connectivity index (χ0n) is 16.9. The zero-order valence-corrected chi connectivity index (χ0v) is 17.7. The lowest BCUT2D eigenvalue weighted by atomic mass is 9.94. The molecular formula is C23H30N4OS. The molecule has 0 bridgehead atoms. The minimum Gasteiger partial charge on any atom is -0.376 e. The first kappa shape index (κ1) is 19.1. The van der Waals surface area contributed by atoms with Crippen LogP contribution in [0.3, 0.4) is 0 Å². The molecule has 0 unspecified atom stereocenters. The molecule has 1 N–H and O–H groups in total. The molecule has 5 rings (SSSR count). The molecule has 3 fully saturated rings. The van der Waals surface area contributed by atoms with Crippen LogP contribution in [0.2, 0.25) is 0 Å². The van der Waals surface area contributed by atoms with E-state index in [1.165, 1.54) is 37.8 Å². The van der Waals surface area contributed by atoms with Crippen LogP contribution in [0, 0.1) is 0 Å². The Kier molecular flexibility index (Phi) is 5.55. The van der Waals surface area contributed by atoms with Crippen LogP contribution in [-0.2, 0) is 4.74 Å². The monoisotopic (exact) mass is 410 g/mol. The summed E-state index contributed by atoms with van der Waals surface area (Å²) in [5.74, 6) is 0. The van der Waals surface area contributed by atoms with E-state index in [1.54, 1.807) is 0 Å². The molecule has 1 aliphatic carbocycles. The minimum absolute atomic E-state index is 0.0577. The van der Waals surface area contributed by atoms with E-state index in [9.17, 15) is 0 Å². The summed E-state index contributed by atoms with van der Waals surface area (Å²) in [6, 6.07) is 11.4. The number of nitrogens with one attached hydrogen (secondary N) is 1. The topological polar surface area (TPSA) is 42.3 Å². The average Bonchev–Trinajstić information content (AvgIpc) is 3.51. The molecule has 3 atom stereocenters. The molecule has 0 amide bonds. The fourth-order valence-corrected chi connectivity index (χ4v) is 5.60. The van der Waals surface area contributed by atoms with E-state index in [2.05, 4.69) is 50.2 Å². The quantitative estimate of drug-likeness (QED) is 0.733. The van der Waals surface area contributed by atoms with E-state index in [4.69, 9.17) is 17.0 Å². The van der Waals surface area contributed by atoms with Gasteiger partial charge in [0.25, 0.3) is 0 Å². The Hall–Kier alpha value is -1.92. The van der Waals surface area contributed by atoms with Crippen LogP contribution in [0.5, 0.6) is 0 Å². The van der Waals surface area contributed by atoms with E-state index in [0.29, 0.717) is 6.04 Å². The molecule has 0 aromatic carbocycles. The van der Waals surface area contributed by atoms with Gasteiger partial charge in [-0.05, 0) is 62.2 Å². The Bertz CT molecular complexity index is 826. The van der Waals surface area contributed by atoms with Gasteiger partial charge in [-0.15, -0.1) is 0 Å². The smallest absolute Gasteiger partial charge is 0.170 e. The summed E-state index contributed by atoms with van der Waals surface area (Å²) in [6.45, 7) is 1.71. The maximum atomic E-state index is 5.96. The predicted octanol–water partition coefficient (Wildman–Crippen LogP) is 4.54. The zero-order chi connectivity index (χ0) is 19.6. The number of thiocarbonyl (C=S) groups is 1. The van der Waals surface area contributed by atoms with Crippen LogP contribution >= 0.6 is 12.2 Å². The van der Waals surface area contributed by atoms with Crippen LogP contribution in [0.15, 0.2) is 42.7 Å². The molecule has 1 saturated carbocycles. The maximum absolute atomic E-state index is 5.96. The summed E-state index contributed by atoms with van der Waals surface area (Å²) in [4.78, 5) is 7.03. The van der Waals surface area contributed by atoms with E-state index in [1.807, 2.05) is 12.3 Å². The summed E-state index contributed by atoms with van der Waals surface area (Å²) in [7, 11) is 0. The van der Waals surface area contributed by atoms with Gasteiger partial charge in [0.15, 0.2) is 5.11 Å². The van der Waals surface area contributed by atoms with Gasteiger partial charge >= 0.3 is 0 Å². The van der Waals surface area contributed by atoms with Gasteiger partial charge in [-0.3, -0.25) is 4.98 Å². The van der Waals surface area contributed by atoms with Crippen molar-refractivity contribution in [2.75, 3.05) is 13.2 Å². The fraction of sp³-hybridized carbons (Fsp3) is 0.565. The van der Waals surface area contributed by atoms with E-state index >= 15 is 0 Å². The van der Waals surface area contributed by atoms with Crippen molar-refractivity contribution in [3.05, 3.63) is 54.1 Å². The molecule has 3 aliphatic rings. The summed E-state index contributed by atoms with van der Waals surface area (Å²) < 4.78 is 8.49. The number of hydrogen-bond donors (Lipinski definition) is 1. The highest BCUT2D eigenvalue weighted by atomic mass is 32.1. The molecular weight excluding hydrogens is 380 g/mol. The predicted molar refractivity (Wildman–Crippen MR) is 118 cm³/mol. The number of ether oxygens (including phenoxy) is 1. The van der Waals surface area contributed by atoms with Crippen LogP contribution in [0.1, 0.15) is 74.5 Å². The van der Waals surface area contributed by atoms with Crippen molar-refractivity contribution in [2.24, 2.45) is 0 Å². The molecule has 2 aromatic rings. The molecule has 4 heterocycles. The highest BCUT2D eigenvalue weighted by Crippen LogP contribution is 2.41. The van der Waals surface area contributed by atoms with Crippen LogP contribution in [0.4, 0.5) is 0 Å². The van der Waals surface area contributed by atoms with Crippen molar-refractivity contribution < 1.29 is 4.74 Å². The first-order chi connectivity index (χ1) is 14.3. The Morgan fingerprint density at radius 1 is 1.07 bits per heavy atom. The molecule has 29 heavy (non-hydrogen) atoms. The van der Waals surface area contributed by atoms with Crippen molar-refractivity contribution in [3.63, 3.8) is 0 Å². The van der Waals surface area contributed by atoms with Gasteiger partial charge in [0.2, 0.25) is 0 Å². The first-order valence-corrected chi connectivity index (χ1v) is 11.5. The van der Waals surface area contributed by atoms with Gasteiger partial charge in [-0.2, -0.15) is 0 Å². The third-order valence-corrected chi connectivity index (χ3v) is 7.06. The third-order valence-electron chi connectivity index (χ3n) is 6.71. The van der Waals surface area contributed by atoms with Crippen molar-refractivity contribution in [2.45, 2.75) is 69.2 Å². The van der Waals surface area contributed by atoms with Crippen LogP contribution in [0.25, 0.3) is 0 Å². The Labute approximate surface area is 178 Å². The molecule has 154 valence electrons. The van der Waals surface area contributed by atoms with E-state index in [0.717, 1.165) is 36.8 Å². The minimum atomic E-state index is 0.0577. The number of pyridine rings is 1. The highest BCUT2D eigenvalue weighted by molar-refractivity contribution is 7.80. The van der Waals surface area contributed by atoms with Crippen molar-refractivity contribution >= 4 is 17.3 Å². The number of aromatic nitrogens is 2. The fourth-order valence-electron chi connectivity index (χ4n) is 5.28. The molecule has 5 nitrogen and oxygen atoms in total. The largest absolute Gasteiger partial charge is 0.376 e. The molecule has 2 saturated heterocycles. The lowest BCUT2D eigenvalue weighted by Gasteiger charge is -2.33. The second-order valence-electron chi connectivity index (χ2n) is 8.55. The van der Waals surface area contributed by atoms with Crippen molar-refractivity contribution in [3.8, 4) is 0 Å². The Balaban J connectivity index is 1.51. The molecule has 2 aliphatic heterocycles. The average molecular weight is 411 g/mol. The van der Waals surface area contributed by atoms with Crippen molar-refractivity contribution in [1.29, 1.82) is 0 Å². The lowest BCUT2D eigenvalue weighted by Crippen LogP contribution is -2.37. The Morgan fingerprint density at radius 3 is 2.72 bits per heavy atom. The third kappa shape index (κ3) is 3.80. The van der Waals surface area contributed by atoms with Crippen LogP contribution < -0.4 is 5.32 Å². The van der Waals surface area contributed by atoms with Gasteiger partial charge in [0, 0.05) is 37.3 Å². The maximum Gasteiger partial charge on any atom is 0.170 e. The van der Waals surface area contributed by atoms with E-state index in [-0.39, 0.29) is 18.2 Å². The SMILES string of the molecule is S=C1N[C@@H](c2ccccn2)[C@H](c2cccn2C2CCCCC2)N1C[C@@H]1CCCO1. The van der Waals surface area contributed by atoms with Gasteiger partial charge in [0.05, 0.1) is 23.9 Å². The number of nitrogens with zero attached hydrogens (tertiary/aromatic N) is 3. The standard InChI is InChI=1S/C23H30N4OS/c29-23-25-21(19-11-4-5-13-24-19)22(27(23)16-18-10-7-15-28-18)20-12-6-14-26(20)17-8-2-1-3-9-17/h4-6,11-14,17-18,21-22H,1-3,7-10,15-16H2,(H,25,29)/t18-,21-,22-/m0/s1. The van der Waals surface area contributed by atoms with Crippen molar-refractivity contribution in [1.82, 2.24) is 19.8 Å². The Morgan fingerprint density at radius 2 is 1.97 bits per heavy atom. The van der Waals surface area contributed by atoms with E-state index < -0.39 is 0 Å². The number of rotatable bonds is 5. The normalized spacial score (nSPS) is 28.1. The van der Waals surface area contributed by atoms with Gasteiger partial charge in [-0.1, -0.05) is 25.3 Å².